The second kappa shape index (κ2) is 4.31. The fourth-order valence-electron chi connectivity index (χ4n) is 2.24. The van der Waals surface area contributed by atoms with Gasteiger partial charge in [-0.1, -0.05) is 11.6 Å². The molecular weight excluding hydrogens is 240 g/mol. The number of hydrogen-bond donors (Lipinski definition) is 0. The molecule has 3 rings (SSSR count). The SMILES string of the molecule is Cc1ccc2c(c1)C(=O)C(=O)N2Cc1ccncc1. The van der Waals surface area contributed by atoms with Crippen LogP contribution in [-0.4, -0.2) is 16.7 Å². The largest absolute Gasteiger partial charge is 0.300 e. The number of Topliss-reactive ketones (excluding diaryl/α,β-unsaturated/α-hetero) is 1. The number of carbonyl (C=O) groups is 2. The first-order chi connectivity index (χ1) is 9.16. The van der Waals surface area contributed by atoms with Crippen LogP contribution in [0.1, 0.15) is 21.5 Å². The van der Waals surface area contributed by atoms with E-state index in [9.17, 15) is 9.59 Å². The molecule has 0 unspecified atom stereocenters. The molecular formula is C15H12N2O2. The molecule has 1 aliphatic heterocycles. The van der Waals surface area contributed by atoms with E-state index in [1.54, 1.807) is 18.5 Å². The Morgan fingerprint density at radius 3 is 2.58 bits per heavy atom. The Bertz CT molecular complexity index is 665. The number of hydrogen-bond acceptors (Lipinski definition) is 3. The first kappa shape index (κ1) is 11.6. The van der Waals surface area contributed by atoms with Gasteiger partial charge in [-0.15, -0.1) is 0 Å². The van der Waals surface area contributed by atoms with Crippen molar-refractivity contribution in [2.75, 3.05) is 4.90 Å². The van der Waals surface area contributed by atoms with Crippen LogP contribution in [0.25, 0.3) is 0 Å². The topological polar surface area (TPSA) is 50.3 Å². The first-order valence-electron chi connectivity index (χ1n) is 6.02. The number of amides is 1. The van der Waals surface area contributed by atoms with Gasteiger partial charge in [-0.05, 0) is 36.8 Å². The van der Waals surface area contributed by atoms with E-state index in [1.165, 1.54) is 4.90 Å². The minimum Gasteiger partial charge on any atom is -0.300 e. The molecule has 0 fully saturated rings. The van der Waals surface area contributed by atoms with Gasteiger partial charge in [0.2, 0.25) is 0 Å². The second-order valence-electron chi connectivity index (χ2n) is 4.60. The lowest BCUT2D eigenvalue weighted by molar-refractivity contribution is -0.114. The Labute approximate surface area is 110 Å². The fourth-order valence-corrected chi connectivity index (χ4v) is 2.24. The summed E-state index contributed by atoms with van der Waals surface area (Å²) in [5.74, 6) is -0.884. The van der Waals surface area contributed by atoms with Crippen LogP contribution in [0.3, 0.4) is 0 Å². The molecule has 0 atom stereocenters. The van der Waals surface area contributed by atoms with Crippen LogP contribution in [0, 0.1) is 6.92 Å². The highest BCUT2D eigenvalue weighted by Gasteiger charge is 2.35. The second-order valence-corrected chi connectivity index (χ2v) is 4.60. The predicted octanol–water partition coefficient (Wildman–Crippen LogP) is 2.12. The number of anilines is 1. The van der Waals surface area contributed by atoms with E-state index in [2.05, 4.69) is 4.98 Å². The van der Waals surface area contributed by atoms with Gasteiger partial charge in [-0.25, -0.2) is 0 Å². The highest BCUT2D eigenvalue weighted by molar-refractivity contribution is 6.52. The normalized spacial score (nSPS) is 13.8. The Morgan fingerprint density at radius 2 is 1.84 bits per heavy atom. The van der Waals surface area contributed by atoms with Gasteiger partial charge >= 0.3 is 0 Å². The van der Waals surface area contributed by atoms with Crippen LogP contribution >= 0.6 is 0 Å². The van der Waals surface area contributed by atoms with Crippen LogP contribution < -0.4 is 4.90 Å². The number of ketones is 1. The summed E-state index contributed by atoms with van der Waals surface area (Å²) in [5.41, 5.74) is 3.12. The number of carbonyl (C=O) groups excluding carboxylic acids is 2. The summed E-state index contributed by atoms with van der Waals surface area (Å²) in [6, 6.07) is 9.18. The van der Waals surface area contributed by atoms with Crippen molar-refractivity contribution in [3.8, 4) is 0 Å². The highest BCUT2D eigenvalue weighted by atomic mass is 16.2. The Hall–Kier alpha value is -2.49. The summed E-state index contributed by atoms with van der Waals surface area (Å²) >= 11 is 0. The van der Waals surface area contributed by atoms with E-state index in [0.717, 1.165) is 11.1 Å². The highest BCUT2D eigenvalue weighted by Crippen LogP contribution is 2.30. The van der Waals surface area contributed by atoms with Crippen molar-refractivity contribution in [3.63, 3.8) is 0 Å². The van der Waals surface area contributed by atoms with Gasteiger partial charge < -0.3 is 4.90 Å². The number of nitrogens with zero attached hydrogens (tertiary/aromatic N) is 2. The Kier molecular flexibility index (Phi) is 2.63. The molecule has 1 aromatic carbocycles. The smallest absolute Gasteiger partial charge is 0.299 e. The summed E-state index contributed by atoms with van der Waals surface area (Å²) < 4.78 is 0. The van der Waals surface area contributed by atoms with Gasteiger partial charge in [-0.2, -0.15) is 0 Å². The van der Waals surface area contributed by atoms with Crippen molar-refractivity contribution in [1.29, 1.82) is 0 Å². The zero-order chi connectivity index (χ0) is 13.4. The molecule has 0 aliphatic carbocycles. The van der Waals surface area contributed by atoms with Gasteiger partial charge in [-0.3, -0.25) is 14.6 Å². The summed E-state index contributed by atoms with van der Waals surface area (Å²) in [6.45, 7) is 2.30. The summed E-state index contributed by atoms with van der Waals surface area (Å²) in [5, 5.41) is 0. The maximum atomic E-state index is 12.0. The maximum Gasteiger partial charge on any atom is 0.299 e. The van der Waals surface area contributed by atoms with Crippen molar-refractivity contribution in [3.05, 3.63) is 59.4 Å². The Morgan fingerprint density at radius 1 is 1.11 bits per heavy atom. The third-order valence-corrected chi connectivity index (χ3v) is 3.22. The average molecular weight is 252 g/mol. The number of rotatable bonds is 2. The minimum absolute atomic E-state index is 0.392. The van der Waals surface area contributed by atoms with Crippen LogP contribution in [0.5, 0.6) is 0 Å². The molecule has 0 bridgehead atoms. The van der Waals surface area contributed by atoms with E-state index in [1.807, 2.05) is 31.2 Å². The lowest BCUT2D eigenvalue weighted by Crippen LogP contribution is -2.29. The maximum absolute atomic E-state index is 12.0. The van der Waals surface area contributed by atoms with Crippen LogP contribution in [-0.2, 0) is 11.3 Å². The molecule has 94 valence electrons. The third kappa shape index (κ3) is 1.91. The standard InChI is InChI=1S/C15H12N2O2/c1-10-2-3-13-12(8-10)14(18)15(19)17(13)9-11-4-6-16-7-5-11/h2-8H,9H2,1H3. The van der Waals surface area contributed by atoms with Crippen molar-refractivity contribution < 1.29 is 9.59 Å². The van der Waals surface area contributed by atoms with Crippen LogP contribution in [0.15, 0.2) is 42.7 Å². The molecule has 1 aliphatic rings. The van der Waals surface area contributed by atoms with E-state index >= 15 is 0 Å². The number of aryl methyl sites for hydroxylation is 1. The quantitative estimate of drug-likeness (QED) is 0.769. The lowest BCUT2D eigenvalue weighted by atomic mass is 10.1. The van der Waals surface area contributed by atoms with E-state index in [0.29, 0.717) is 17.8 Å². The minimum atomic E-state index is -0.461. The molecule has 0 radical (unpaired) electrons. The molecule has 0 N–H and O–H groups in total. The molecule has 2 heterocycles. The monoisotopic (exact) mass is 252 g/mol. The molecule has 1 amide bonds. The number of benzene rings is 1. The van der Waals surface area contributed by atoms with Gasteiger partial charge in [0.25, 0.3) is 11.7 Å². The van der Waals surface area contributed by atoms with Gasteiger partial charge in [0.05, 0.1) is 17.8 Å². The van der Waals surface area contributed by atoms with Gasteiger partial charge in [0.15, 0.2) is 0 Å². The first-order valence-corrected chi connectivity index (χ1v) is 6.02. The predicted molar refractivity (Wildman–Crippen MR) is 70.9 cm³/mol. The van der Waals surface area contributed by atoms with Crippen molar-refractivity contribution in [2.24, 2.45) is 0 Å². The van der Waals surface area contributed by atoms with Crippen LogP contribution in [0.2, 0.25) is 0 Å². The summed E-state index contributed by atoms with van der Waals surface area (Å²) in [7, 11) is 0. The fraction of sp³-hybridized carbons (Fsp3) is 0.133. The van der Waals surface area contributed by atoms with E-state index in [-0.39, 0.29) is 0 Å². The molecule has 1 aromatic heterocycles. The molecule has 19 heavy (non-hydrogen) atoms. The number of pyridine rings is 1. The van der Waals surface area contributed by atoms with E-state index < -0.39 is 11.7 Å². The third-order valence-electron chi connectivity index (χ3n) is 3.22. The van der Waals surface area contributed by atoms with Gasteiger partial charge in [0.1, 0.15) is 0 Å². The zero-order valence-corrected chi connectivity index (χ0v) is 10.5. The van der Waals surface area contributed by atoms with Crippen LogP contribution in [0.4, 0.5) is 5.69 Å². The molecule has 0 saturated carbocycles. The Balaban J connectivity index is 2.00. The van der Waals surface area contributed by atoms with Gasteiger partial charge in [0, 0.05) is 12.4 Å². The summed E-state index contributed by atoms with van der Waals surface area (Å²) in [4.78, 5) is 29.4. The van der Waals surface area contributed by atoms with E-state index in [4.69, 9.17) is 0 Å². The average Bonchev–Trinajstić information content (AvgIpc) is 2.65. The molecule has 0 spiro atoms. The number of fused-ring (bicyclic) bond motifs is 1. The molecule has 0 saturated heterocycles. The zero-order valence-electron chi connectivity index (χ0n) is 10.5. The van der Waals surface area contributed by atoms with Crippen molar-refractivity contribution >= 4 is 17.4 Å². The lowest BCUT2D eigenvalue weighted by Gasteiger charge is -2.16. The number of aromatic nitrogens is 1. The van der Waals surface area contributed by atoms with Crippen molar-refractivity contribution in [2.45, 2.75) is 13.5 Å². The molecule has 2 aromatic rings. The molecule has 4 nitrogen and oxygen atoms in total. The van der Waals surface area contributed by atoms with Crippen molar-refractivity contribution in [1.82, 2.24) is 4.98 Å². The molecule has 4 heteroatoms. The summed E-state index contributed by atoms with van der Waals surface area (Å²) in [6.07, 6.45) is 3.35.